The summed E-state index contributed by atoms with van der Waals surface area (Å²) in [6.07, 6.45) is 1.74. The van der Waals surface area contributed by atoms with Crippen molar-refractivity contribution >= 4 is 0 Å². The fourth-order valence-corrected chi connectivity index (χ4v) is 2.68. The van der Waals surface area contributed by atoms with Crippen LogP contribution in [0.3, 0.4) is 0 Å². The van der Waals surface area contributed by atoms with Crippen LogP contribution in [0.4, 0.5) is 8.78 Å². The molecule has 0 unspecified atom stereocenters. The summed E-state index contributed by atoms with van der Waals surface area (Å²) >= 11 is 0. The van der Waals surface area contributed by atoms with Gasteiger partial charge in [-0.15, -0.1) is 5.10 Å². The van der Waals surface area contributed by atoms with Crippen LogP contribution >= 0.6 is 0 Å². The zero-order chi connectivity index (χ0) is 15.4. The molecule has 0 aromatic carbocycles. The van der Waals surface area contributed by atoms with E-state index in [1.165, 1.54) is 0 Å². The van der Waals surface area contributed by atoms with Crippen molar-refractivity contribution in [2.75, 3.05) is 19.6 Å². The van der Waals surface area contributed by atoms with Gasteiger partial charge < -0.3 is 4.52 Å². The zero-order valence-electron chi connectivity index (χ0n) is 12.0. The molecule has 1 saturated heterocycles. The molecule has 2 aromatic rings. The van der Waals surface area contributed by atoms with E-state index in [2.05, 4.69) is 20.3 Å². The Morgan fingerprint density at radius 1 is 1.32 bits per heavy atom. The van der Waals surface area contributed by atoms with E-state index in [0.717, 1.165) is 12.8 Å². The molecule has 1 aliphatic heterocycles. The van der Waals surface area contributed by atoms with Crippen LogP contribution in [0, 0.1) is 5.92 Å². The van der Waals surface area contributed by atoms with E-state index in [4.69, 9.17) is 4.52 Å². The molecule has 8 heteroatoms. The minimum Gasteiger partial charge on any atom is -0.339 e. The zero-order valence-corrected chi connectivity index (χ0v) is 12.0. The number of hydrogen-bond acceptors (Lipinski definition) is 6. The predicted octanol–water partition coefficient (Wildman–Crippen LogP) is 2.05. The molecule has 0 spiro atoms. The predicted molar refractivity (Wildman–Crippen MR) is 74.2 cm³/mol. The number of halogens is 2. The van der Waals surface area contributed by atoms with Crippen LogP contribution in [0.2, 0.25) is 0 Å². The van der Waals surface area contributed by atoms with Gasteiger partial charge in [-0.3, -0.25) is 4.90 Å². The molecule has 1 aliphatic rings. The second-order valence-electron chi connectivity index (χ2n) is 5.46. The number of hydrogen-bond donors (Lipinski definition) is 0. The molecular weight excluding hydrogens is 292 g/mol. The number of alkyl halides is 2. The van der Waals surface area contributed by atoms with Crippen LogP contribution in [-0.2, 0) is 6.42 Å². The largest absolute Gasteiger partial charge is 0.339 e. The molecular formula is C14H17F2N5O. The Morgan fingerprint density at radius 2 is 2.14 bits per heavy atom. The minimum absolute atomic E-state index is 0.135. The first kappa shape index (κ1) is 15.0. The van der Waals surface area contributed by atoms with Gasteiger partial charge in [0, 0.05) is 12.6 Å². The maximum atomic E-state index is 12.3. The monoisotopic (exact) mass is 309 g/mol. The highest BCUT2D eigenvalue weighted by Gasteiger charge is 2.23. The molecule has 0 radical (unpaired) electrons. The van der Waals surface area contributed by atoms with Gasteiger partial charge in [-0.05, 0) is 44.0 Å². The normalized spacial score (nSPS) is 17.2. The third kappa shape index (κ3) is 3.82. The molecule has 0 atom stereocenters. The summed E-state index contributed by atoms with van der Waals surface area (Å²) in [6, 6.07) is 3.53. The van der Waals surface area contributed by atoms with Gasteiger partial charge in [-0.25, -0.2) is 8.78 Å². The van der Waals surface area contributed by atoms with Gasteiger partial charge in [0.2, 0.25) is 11.7 Å². The maximum Gasteiger partial charge on any atom is 0.251 e. The van der Waals surface area contributed by atoms with Crippen molar-refractivity contribution < 1.29 is 13.3 Å². The molecule has 0 aliphatic carbocycles. The van der Waals surface area contributed by atoms with Gasteiger partial charge >= 0.3 is 0 Å². The molecule has 3 heterocycles. The average molecular weight is 309 g/mol. The molecule has 0 amide bonds. The smallest absolute Gasteiger partial charge is 0.251 e. The molecule has 0 bridgehead atoms. The van der Waals surface area contributed by atoms with Gasteiger partial charge in [0.15, 0.2) is 0 Å². The highest BCUT2D eigenvalue weighted by atomic mass is 19.3. The fourth-order valence-electron chi connectivity index (χ4n) is 2.68. The van der Waals surface area contributed by atoms with Crippen molar-refractivity contribution in [3.05, 3.63) is 24.2 Å². The van der Waals surface area contributed by atoms with Crippen LogP contribution in [0.15, 0.2) is 22.9 Å². The van der Waals surface area contributed by atoms with Crippen LogP contribution in [0.5, 0.6) is 0 Å². The molecule has 1 fully saturated rings. The Balaban J connectivity index is 1.54. The summed E-state index contributed by atoms with van der Waals surface area (Å²) in [4.78, 5) is 6.13. The summed E-state index contributed by atoms with van der Waals surface area (Å²) in [6.45, 7) is 1.25. The maximum absolute atomic E-state index is 12.3. The summed E-state index contributed by atoms with van der Waals surface area (Å²) < 4.78 is 29.9. The molecule has 0 N–H and O–H groups in total. The van der Waals surface area contributed by atoms with Gasteiger partial charge in [-0.1, -0.05) is 5.16 Å². The van der Waals surface area contributed by atoms with E-state index in [1.807, 2.05) is 0 Å². The third-order valence-electron chi connectivity index (χ3n) is 3.84. The van der Waals surface area contributed by atoms with Crippen LogP contribution < -0.4 is 0 Å². The topological polar surface area (TPSA) is 67.9 Å². The quantitative estimate of drug-likeness (QED) is 0.842. The Morgan fingerprint density at radius 3 is 2.82 bits per heavy atom. The number of piperidine rings is 1. The van der Waals surface area contributed by atoms with Crippen molar-refractivity contribution in [3.63, 3.8) is 0 Å². The molecule has 22 heavy (non-hydrogen) atoms. The lowest BCUT2D eigenvalue weighted by molar-refractivity contribution is 0.0681. The van der Waals surface area contributed by atoms with Crippen LogP contribution in [0.1, 0.15) is 18.7 Å². The van der Waals surface area contributed by atoms with Crippen molar-refractivity contribution in [3.8, 4) is 11.5 Å². The van der Waals surface area contributed by atoms with E-state index in [9.17, 15) is 8.78 Å². The Kier molecular flexibility index (Phi) is 4.67. The highest BCUT2D eigenvalue weighted by Crippen LogP contribution is 2.22. The first-order chi connectivity index (χ1) is 10.7. The Labute approximate surface area is 126 Å². The molecule has 6 nitrogen and oxygen atoms in total. The number of likely N-dealkylation sites (tertiary alicyclic amines) is 1. The third-order valence-corrected chi connectivity index (χ3v) is 3.84. The average Bonchev–Trinajstić information content (AvgIpc) is 2.98. The SMILES string of the molecule is FC(F)CN1CCC(Cc2nc(-c3cccnn3)no2)CC1. The molecule has 0 saturated carbocycles. The van der Waals surface area contributed by atoms with E-state index in [-0.39, 0.29) is 6.54 Å². The Bertz CT molecular complexity index is 584. The molecule has 2 aromatic heterocycles. The second kappa shape index (κ2) is 6.87. The van der Waals surface area contributed by atoms with Crippen LogP contribution in [0.25, 0.3) is 11.5 Å². The first-order valence-electron chi connectivity index (χ1n) is 7.32. The van der Waals surface area contributed by atoms with E-state index in [0.29, 0.717) is 42.8 Å². The van der Waals surface area contributed by atoms with E-state index < -0.39 is 6.43 Å². The number of rotatable bonds is 5. The van der Waals surface area contributed by atoms with Gasteiger partial charge in [0.25, 0.3) is 6.43 Å². The van der Waals surface area contributed by atoms with Crippen molar-refractivity contribution in [2.24, 2.45) is 5.92 Å². The summed E-state index contributed by atoms with van der Waals surface area (Å²) in [5, 5.41) is 11.6. The number of nitrogens with zero attached hydrogens (tertiary/aromatic N) is 5. The number of aromatic nitrogens is 4. The minimum atomic E-state index is -2.26. The van der Waals surface area contributed by atoms with Gasteiger partial charge in [-0.2, -0.15) is 10.1 Å². The fraction of sp³-hybridized carbons (Fsp3) is 0.571. The van der Waals surface area contributed by atoms with Crippen LogP contribution in [-0.4, -0.2) is 51.3 Å². The summed E-state index contributed by atoms with van der Waals surface area (Å²) in [7, 11) is 0. The lowest BCUT2D eigenvalue weighted by atomic mass is 9.93. The van der Waals surface area contributed by atoms with Crippen molar-refractivity contribution in [1.29, 1.82) is 0 Å². The van der Waals surface area contributed by atoms with Crippen molar-refractivity contribution in [2.45, 2.75) is 25.7 Å². The van der Waals surface area contributed by atoms with E-state index >= 15 is 0 Å². The molecule has 3 rings (SSSR count). The second-order valence-corrected chi connectivity index (χ2v) is 5.46. The first-order valence-corrected chi connectivity index (χ1v) is 7.32. The molecule has 118 valence electrons. The highest BCUT2D eigenvalue weighted by molar-refractivity contribution is 5.46. The summed E-state index contributed by atoms with van der Waals surface area (Å²) in [5.41, 5.74) is 0.573. The Hall–Kier alpha value is -1.96. The lowest BCUT2D eigenvalue weighted by Crippen LogP contribution is -2.37. The summed E-state index contributed by atoms with van der Waals surface area (Å²) in [5.74, 6) is 1.38. The van der Waals surface area contributed by atoms with Gasteiger partial charge in [0.1, 0.15) is 5.69 Å². The standard InChI is InChI=1S/C14H17F2N5O/c15-12(16)9-21-6-3-10(4-7-21)8-13-18-14(20-22-13)11-2-1-5-17-19-11/h1-2,5,10,12H,3-4,6-9H2. The van der Waals surface area contributed by atoms with E-state index in [1.54, 1.807) is 23.2 Å². The van der Waals surface area contributed by atoms with Crippen molar-refractivity contribution in [1.82, 2.24) is 25.2 Å². The lowest BCUT2D eigenvalue weighted by Gasteiger charge is -2.30. The van der Waals surface area contributed by atoms with Gasteiger partial charge in [0.05, 0.1) is 6.54 Å².